The number of aromatic nitrogens is 2. The van der Waals surface area contributed by atoms with Crippen LogP contribution < -0.4 is 4.90 Å². The van der Waals surface area contributed by atoms with Crippen molar-refractivity contribution in [3.63, 3.8) is 0 Å². The van der Waals surface area contributed by atoms with Crippen LogP contribution in [0.4, 0.5) is 19.0 Å². The SMILES string of the molecule is Cc1ncnc(N2CCN(CC3C=CC=C(C(F)(F)F)C3)CC2)c1C. The van der Waals surface area contributed by atoms with Crippen molar-refractivity contribution in [2.75, 3.05) is 37.6 Å². The third kappa shape index (κ3) is 4.21. The molecule has 0 saturated carbocycles. The third-order valence-electron chi connectivity index (χ3n) is 5.00. The molecule has 0 radical (unpaired) electrons. The maximum atomic E-state index is 12.9. The van der Waals surface area contributed by atoms with Crippen molar-refractivity contribution >= 4 is 5.82 Å². The number of hydrogen-bond donors (Lipinski definition) is 0. The summed E-state index contributed by atoms with van der Waals surface area (Å²) in [6.45, 7) is 7.98. The molecule has 1 saturated heterocycles. The van der Waals surface area contributed by atoms with E-state index in [1.54, 1.807) is 12.4 Å². The van der Waals surface area contributed by atoms with Gasteiger partial charge in [-0.1, -0.05) is 18.2 Å². The summed E-state index contributed by atoms with van der Waals surface area (Å²) in [5.74, 6) is 0.892. The molecule has 0 N–H and O–H groups in total. The van der Waals surface area contributed by atoms with E-state index in [0.717, 1.165) is 43.3 Å². The Hall–Kier alpha value is -1.89. The lowest BCUT2D eigenvalue weighted by Gasteiger charge is -2.37. The maximum Gasteiger partial charge on any atom is 0.412 e. The van der Waals surface area contributed by atoms with Crippen molar-refractivity contribution in [1.29, 1.82) is 0 Å². The number of aryl methyl sites for hydroxylation is 1. The summed E-state index contributed by atoms with van der Waals surface area (Å²) in [5.41, 5.74) is 1.64. The van der Waals surface area contributed by atoms with Gasteiger partial charge in [0.1, 0.15) is 12.1 Å². The molecule has 1 aliphatic heterocycles. The van der Waals surface area contributed by atoms with Gasteiger partial charge in [-0.25, -0.2) is 9.97 Å². The number of nitrogens with zero attached hydrogens (tertiary/aromatic N) is 4. The monoisotopic (exact) mass is 352 g/mol. The van der Waals surface area contributed by atoms with E-state index >= 15 is 0 Å². The number of halogens is 3. The molecule has 1 aromatic heterocycles. The van der Waals surface area contributed by atoms with E-state index in [1.807, 2.05) is 19.9 Å². The van der Waals surface area contributed by atoms with Crippen LogP contribution in [0.15, 0.2) is 30.1 Å². The van der Waals surface area contributed by atoms with Crippen LogP contribution in [0.2, 0.25) is 0 Å². The fourth-order valence-electron chi connectivity index (χ4n) is 3.40. The van der Waals surface area contributed by atoms with Crippen molar-refractivity contribution in [2.45, 2.75) is 26.4 Å². The minimum atomic E-state index is -4.22. The van der Waals surface area contributed by atoms with Gasteiger partial charge in [0.2, 0.25) is 0 Å². The molecule has 0 bridgehead atoms. The first-order valence-electron chi connectivity index (χ1n) is 8.54. The second-order valence-electron chi connectivity index (χ2n) is 6.73. The average Bonchev–Trinajstić information content (AvgIpc) is 2.58. The number of rotatable bonds is 3. The highest BCUT2D eigenvalue weighted by atomic mass is 19.4. The molecule has 25 heavy (non-hydrogen) atoms. The van der Waals surface area contributed by atoms with Crippen LogP contribution in [0.1, 0.15) is 17.7 Å². The Balaban J connectivity index is 1.54. The van der Waals surface area contributed by atoms with E-state index in [9.17, 15) is 13.2 Å². The number of alkyl halides is 3. The quantitative estimate of drug-likeness (QED) is 0.836. The van der Waals surface area contributed by atoms with Crippen LogP contribution in [0.3, 0.4) is 0 Å². The zero-order valence-electron chi connectivity index (χ0n) is 14.6. The Labute approximate surface area is 146 Å². The molecule has 0 spiro atoms. The van der Waals surface area contributed by atoms with E-state index in [4.69, 9.17) is 0 Å². The highest BCUT2D eigenvalue weighted by Gasteiger charge is 2.35. The molecule has 2 heterocycles. The molecule has 1 unspecified atom stereocenters. The van der Waals surface area contributed by atoms with Gasteiger partial charge in [-0.15, -0.1) is 0 Å². The predicted molar refractivity (Wildman–Crippen MR) is 91.5 cm³/mol. The van der Waals surface area contributed by atoms with Crippen molar-refractivity contribution in [3.05, 3.63) is 41.4 Å². The molecule has 136 valence electrons. The van der Waals surface area contributed by atoms with Crippen LogP contribution >= 0.6 is 0 Å². The lowest BCUT2D eigenvalue weighted by Crippen LogP contribution is -2.48. The van der Waals surface area contributed by atoms with E-state index in [0.29, 0.717) is 6.54 Å². The molecule has 3 rings (SSSR count). The number of hydrogen-bond acceptors (Lipinski definition) is 4. The molecule has 4 nitrogen and oxygen atoms in total. The first kappa shape index (κ1) is 17.9. The summed E-state index contributed by atoms with van der Waals surface area (Å²) >= 11 is 0. The average molecular weight is 352 g/mol. The summed E-state index contributed by atoms with van der Waals surface area (Å²) in [6, 6.07) is 0. The second kappa shape index (κ2) is 7.15. The first-order chi connectivity index (χ1) is 11.8. The van der Waals surface area contributed by atoms with Gasteiger partial charge in [0.05, 0.1) is 0 Å². The van der Waals surface area contributed by atoms with Crippen molar-refractivity contribution in [3.8, 4) is 0 Å². The Morgan fingerprint density at radius 2 is 1.84 bits per heavy atom. The van der Waals surface area contributed by atoms with Crippen LogP contribution in [-0.4, -0.2) is 53.8 Å². The Bertz CT molecular complexity index is 673. The van der Waals surface area contributed by atoms with Gasteiger partial charge in [0.15, 0.2) is 0 Å². The molecule has 0 amide bonds. The van der Waals surface area contributed by atoms with Gasteiger partial charge in [0, 0.05) is 49.6 Å². The Morgan fingerprint density at radius 1 is 1.12 bits per heavy atom. The first-order valence-corrected chi connectivity index (χ1v) is 8.54. The minimum Gasteiger partial charge on any atom is -0.354 e. The minimum absolute atomic E-state index is 0.0730. The van der Waals surface area contributed by atoms with Gasteiger partial charge in [0.25, 0.3) is 0 Å². The maximum absolute atomic E-state index is 12.9. The van der Waals surface area contributed by atoms with E-state index in [-0.39, 0.29) is 12.3 Å². The molecule has 1 aliphatic carbocycles. The van der Waals surface area contributed by atoms with Crippen LogP contribution in [0, 0.1) is 19.8 Å². The zero-order valence-corrected chi connectivity index (χ0v) is 14.6. The number of piperazine rings is 1. The largest absolute Gasteiger partial charge is 0.412 e. The molecule has 1 fully saturated rings. The summed E-state index contributed by atoms with van der Waals surface area (Å²) < 4.78 is 38.6. The smallest absolute Gasteiger partial charge is 0.354 e. The van der Waals surface area contributed by atoms with Gasteiger partial charge in [-0.3, -0.25) is 4.90 Å². The van der Waals surface area contributed by atoms with Crippen LogP contribution in [0.5, 0.6) is 0 Å². The van der Waals surface area contributed by atoms with Crippen molar-refractivity contribution in [2.24, 2.45) is 5.92 Å². The van der Waals surface area contributed by atoms with Crippen molar-refractivity contribution in [1.82, 2.24) is 14.9 Å². The Kier molecular flexibility index (Phi) is 5.13. The molecular formula is C18H23F3N4. The predicted octanol–water partition coefficient (Wildman–Crippen LogP) is 3.28. The summed E-state index contributed by atoms with van der Waals surface area (Å²) in [5, 5.41) is 0. The number of anilines is 1. The molecule has 1 atom stereocenters. The van der Waals surface area contributed by atoms with Gasteiger partial charge in [-0.2, -0.15) is 13.2 Å². The molecule has 7 heteroatoms. The molecule has 1 aromatic rings. The Morgan fingerprint density at radius 3 is 2.52 bits per heavy atom. The molecule has 2 aliphatic rings. The van der Waals surface area contributed by atoms with Gasteiger partial charge >= 0.3 is 6.18 Å². The summed E-state index contributed by atoms with van der Waals surface area (Å²) in [4.78, 5) is 13.1. The van der Waals surface area contributed by atoms with Crippen LogP contribution in [0.25, 0.3) is 0 Å². The highest BCUT2D eigenvalue weighted by molar-refractivity contribution is 5.47. The van der Waals surface area contributed by atoms with E-state index in [1.165, 1.54) is 6.08 Å². The number of allylic oxidation sites excluding steroid dienone is 3. The summed E-state index contributed by atoms with van der Waals surface area (Å²) in [6.07, 6.45) is 2.06. The fourth-order valence-corrected chi connectivity index (χ4v) is 3.40. The summed E-state index contributed by atoms with van der Waals surface area (Å²) in [7, 11) is 0. The standard InChI is InChI=1S/C18H23F3N4/c1-13-14(2)22-12-23-17(13)25-8-6-24(7-9-25)11-15-4-3-5-16(10-15)18(19,20)21/h3-5,12,15H,6-11H2,1-2H3. The van der Waals surface area contributed by atoms with Gasteiger partial charge in [-0.05, 0) is 26.2 Å². The van der Waals surface area contributed by atoms with Crippen molar-refractivity contribution < 1.29 is 13.2 Å². The zero-order chi connectivity index (χ0) is 18.0. The lowest BCUT2D eigenvalue weighted by atomic mass is 9.93. The third-order valence-corrected chi connectivity index (χ3v) is 5.00. The highest BCUT2D eigenvalue weighted by Crippen LogP contribution is 2.33. The molecular weight excluding hydrogens is 329 g/mol. The normalized spacial score (nSPS) is 22.2. The molecule has 0 aromatic carbocycles. The lowest BCUT2D eigenvalue weighted by molar-refractivity contribution is -0.0953. The van der Waals surface area contributed by atoms with E-state index in [2.05, 4.69) is 19.8 Å². The fraction of sp³-hybridized carbons (Fsp3) is 0.556. The van der Waals surface area contributed by atoms with E-state index < -0.39 is 11.7 Å². The second-order valence-corrected chi connectivity index (χ2v) is 6.73. The van der Waals surface area contributed by atoms with Gasteiger partial charge < -0.3 is 4.90 Å². The topological polar surface area (TPSA) is 32.3 Å². The van der Waals surface area contributed by atoms with Crippen LogP contribution in [-0.2, 0) is 0 Å².